The first-order valence-corrected chi connectivity index (χ1v) is 7.15. The molecule has 112 valence electrons. The fraction of sp³-hybridized carbons (Fsp3) is 0.353. The van der Waals surface area contributed by atoms with Crippen molar-refractivity contribution in [1.82, 2.24) is 10.3 Å². The Hall–Kier alpha value is -1.94. The van der Waals surface area contributed by atoms with Crippen molar-refractivity contribution in [3.8, 4) is 0 Å². The van der Waals surface area contributed by atoms with Gasteiger partial charge in [0.05, 0.1) is 6.04 Å². The Morgan fingerprint density at radius 1 is 1.10 bits per heavy atom. The second kappa shape index (κ2) is 6.68. The number of aromatic nitrogens is 1. The van der Waals surface area contributed by atoms with Gasteiger partial charge in [-0.25, -0.2) is 9.37 Å². The third-order valence-electron chi connectivity index (χ3n) is 3.99. The number of anilines is 1. The van der Waals surface area contributed by atoms with Crippen LogP contribution in [0.25, 0.3) is 0 Å². The van der Waals surface area contributed by atoms with Crippen molar-refractivity contribution < 1.29 is 4.39 Å². The molecule has 0 aliphatic heterocycles. The molecular formula is C17H22FN3. The molecule has 0 spiro atoms. The molecule has 1 N–H and O–H groups in total. The number of nitrogens with one attached hydrogen (secondary N) is 1. The highest BCUT2D eigenvalue weighted by molar-refractivity contribution is 5.49. The van der Waals surface area contributed by atoms with Crippen molar-refractivity contribution in [2.75, 3.05) is 19.0 Å². The SMILES string of the molecule is CNC(C)c1cccnc1N(C)C(C)c1ccccc1F. The Kier molecular flexibility index (Phi) is 4.91. The predicted molar refractivity (Wildman–Crippen MR) is 84.9 cm³/mol. The van der Waals surface area contributed by atoms with Gasteiger partial charge in [0.2, 0.25) is 0 Å². The highest BCUT2D eigenvalue weighted by Gasteiger charge is 2.20. The van der Waals surface area contributed by atoms with Crippen molar-refractivity contribution in [2.45, 2.75) is 25.9 Å². The monoisotopic (exact) mass is 287 g/mol. The van der Waals surface area contributed by atoms with Crippen molar-refractivity contribution >= 4 is 5.82 Å². The van der Waals surface area contributed by atoms with Crippen molar-refractivity contribution in [3.05, 3.63) is 59.5 Å². The minimum absolute atomic E-state index is 0.0936. The molecule has 0 amide bonds. The number of hydrogen-bond acceptors (Lipinski definition) is 3. The molecule has 0 saturated carbocycles. The average molecular weight is 287 g/mol. The van der Waals surface area contributed by atoms with E-state index >= 15 is 0 Å². The van der Waals surface area contributed by atoms with Crippen molar-refractivity contribution in [3.63, 3.8) is 0 Å². The van der Waals surface area contributed by atoms with E-state index in [-0.39, 0.29) is 17.9 Å². The zero-order chi connectivity index (χ0) is 15.4. The van der Waals surface area contributed by atoms with Crippen LogP contribution in [0.3, 0.4) is 0 Å². The van der Waals surface area contributed by atoms with E-state index in [1.807, 2.05) is 50.2 Å². The third kappa shape index (κ3) is 3.22. The molecule has 3 nitrogen and oxygen atoms in total. The van der Waals surface area contributed by atoms with Crippen LogP contribution in [0, 0.1) is 5.82 Å². The van der Waals surface area contributed by atoms with Crippen LogP contribution in [-0.4, -0.2) is 19.1 Å². The number of pyridine rings is 1. The highest BCUT2D eigenvalue weighted by atomic mass is 19.1. The second-order valence-electron chi connectivity index (χ2n) is 5.23. The van der Waals surface area contributed by atoms with Gasteiger partial charge < -0.3 is 10.2 Å². The molecule has 1 heterocycles. The maximum atomic E-state index is 14.0. The lowest BCUT2D eigenvalue weighted by molar-refractivity contribution is 0.580. The first-order valence-electron chi connectivity index (χ1n) is 7.15. The second-order valence-corrected chi connectivity index (χ2v) is 5.23. The van der Waals surface area contributed by atoms with Crippen LogP contribution in [0.5, 0.6) is 0 Å². The van der Waals surface area contributed by atoms with E-state index in [4.69, 9.17) is 0 Å². The normalized spacial score (nSPS) is 13.8. The lowest BCUT2D eigenvalue weighted by Gasteiger charge is -2.29. The summed E-state index contributed by atoms with van der Waals surface area (Å²) in [6, 6.07) is 10.9. The fourth-order valence-electron chi connectivity index (χ4n) is 2.40. The van der Waals surface area contributed by atoms with Gasteiger partial charge in [-0.3, -0.25) is 0 Å². The van der Waals surface area contributed by atoms with Gasteiger partial charge in [0.1, 0.15) is 11.6 Å². The largest absolute Gasteiger partial charge is 0.353 e. The average Bonchev–Trinajstić information content (AvgIpc) is 2.53. The smallest absolute Gasteiger partial charge is 0.133 e. The lowest BCUT2D eigenvalue weighted by Crippen LogP contribution is -2.26. The maximum absolute atomic E-state index is 14.0. The van der Waals surface area contributed by atoms with Gasteiger partial charge in [-0.15, -0.1) is 0 Å². The Morgan fingerprint density at radius 2 is 1.76 bits per heavy atom. The molecule has 0 radical (unpaired) electrons. The molecule has 2 unspecified atom stereocenters. The fourth-order valence-corrected chi connectivity index (χ4v) is 2.40. The molecule has 0 bridgehead atoms. The van der Waals surface area contributed by atoms with Crippen LogP contribution < -0.4 is 10.2 Å². The van der Waals surface area contributed by atoms with Crippen LogP contribution in [0.15, 0.2) is 42.6 Å². The molecular weight excluding hydrogens is 265 g/mol. The van der Waals surface area contributed by atoms with Gasteiger partial charge in [-0.1, -0.05) is 24.3 Å². The van der Waals surface area contributed by atoms with E-state index in [2.05, 4.69) is 17.2 Å². The van der Waals surface area contributed by atoms with Crippen molar-refractivity contribution in [2.24, 2.45) is 0 Å². The molecule has 4 heteroatoms. The number of rotatable bonds is 5. The Labute approximate surface area is 125 Å². The van der Waals surface area contributed by atoms with Gasteiger partial charge in [-0.2, -0.15) is 0 Å². The van der Waals surface area contributed by atoms with E-state index in [0.29, 0.717) is 5.56 Å². The molecule has 0 aliphatic carbocycles. The molecule has 2 rings (SSSR count). The lowest BCUT2D eigenvalue weighted by atomic mass is 10.0. The number of benzene rings is 1. The minimum Gasteiger partial charge on any atom is -0.353 e. The summed E-state index contributed by atoms with van der Waals surface area (Å²) in [7, 11) is 3.87. The summed E-state index contributed by atoms with van der Waals surface area (Å²) in [5.74, 6) is 0.686. The Bertz CT molecular complexity index is 600. The summed E-state index contributed by atoms with van der Waals surface area (Å²) < 4.78 is 14.0. The Morgan fingerprint density at radius 3 is 2.43 bits per heavy atom. The zero-order valence-electron chi connectivity index (χ0n) is 13.0. The molecule has 2 atom stereocenters. The van der Waals surface area contributed by atoms with Gasteiger partial charge in [0, 0.05) is 30.4 Å². The topological polar surface area (TPSA) is 28.2 Å². The van der Waals surface area contributed by atoms with Gasteiger partial charge in [0.25, 0.3) is 0 Å². The van der Waals surface area contributed by atoms with Gasteiger partial charge in [-0.05, 0) is 33.0 Å². The standard InChI is InChI=1S/C17H22FN3/c1-12(19-3)14-9-7-11-20-17(14)21(4)13(2)15-8-5-6-10-16(15)18/h5-13,19H,1-4H3. The van der Waals surface area contributed by atoms with E-state index < -0.39 is 0 Å². The van der Waals surface area contributed by atoms with Crippen LogP contribution >= 0.6 is 0 Å². The summed E-state index contributed by atoms with van der Waals surface area (Å²) in [4.78, 5) is 6.50. The molecule has 21 heavy (non-hydrogen) atoms. The summed E-state index contributed by atoms with van der Waals surface area (Å²) in [5.41, 5.74) is 1.78. The predicted octanol–water partition coefficient (Wildman–Crippen LogP) is 3.70. The first-order chi connectivity index (χ1) is 10.1. The molecule has 0 saturated heterocycles. The van der Waals surface area contributed by atoms with E-state index in [1.165, 1.54) is 6.07 Å². The number of hydrogen-bond donors (Lipinski definition) is 1. The maximum Gasteiger partial charge on any atom is 0.133 e. The van der Waals surface area contributed by atoms with Gasteiger partial charge >= 0.3 is 0 Å². The van der Waals surface area contributed by atoms with Crippen LogP contribution in [0.4, 0.5) is 10.2 Å². The quantitative estimate of drug-likeness (QED) is 0.909. The van der Waals surface area contributed by atoms with E-state index in [9.17, 15) is 4.39 Å². The molecule has 0 fully saturated rings. The highest BCUT2D eigenvalue weighted by Crippen LogP contribution is 2.30. The Balaban J connectivity index is 2.36. The van der Waals surface area contributed by atoms with Gasteiger partial charge in [0.15, 0.2) is 0 Å². The van der Waals surface area contributed by atoms with Crippen LogP contribution in [0.2, 0.25) is 0 Å². The summed E-state index contributed by atoms with van der Waals surface area (Å²) in [5, 5.41) is 3.23. The third-order valence-corrected chi connectivity index (χ3v) is 3.99. The summed E-state index contributed by atoms with van der Waals surface area (Å²) >= 11 is 0. The van der Waals surface area contributed by atoms with Crippen molar-refractivity contribution in [1.29, 1.82) is 0 Å². The molecule has 2 aromatic rings. The summed E-state index contributed by atoms with van der Waals surface area (Å²) in [6.07, 6.45) is 1.77. The molecule has 1 aromatic carbocycles. The number of nitrogens with zero attached hydrogens (tertiary/aromatic N) is 2. The van der Waals surface area contributed by atoms with Crippen LogP contribution in [0.1, 0.15) is 37.1 Å². The first kappa shape index (κ1) is 15.4. The van der Waals surface area contributed by atoms with Crippen LogP contribution in [-0.2, 0) is 0 Å². The summed E-state index contributed by atoms with van der Waals surface area (Å²) in [6.45, 7) is 4.07. The molecule has 0 aliphatic rings. The number of halogens is 1. The minimum atomic E-state index is -0.184. The zero-order valence-corrected chi connectivity index (χ0v) is 13.0. The van der Waals surface area contributed by atoms with E-state index in [0.717, 1.165) is 11.4 Å². The molecule has 1 aromatic heterocycles. The van der Waals surface area contributed by atoms with E-state index in [1.54, 1.807) is 12.3 Å².